The van der Waals surface area contributed by atoms with Crippen molar-refractivity contribution in [3.05, 3.63) is 29.6 Å². The molecule has 1 saturated heterocycles. The summed E-state index contributed by atoms with van der Waals surface area (Å²) in [6.07, 6.45) is 0. The number of nitrogens with one attached hydrogen (secondary N) is 1. The van der Waals surface area contributed by atoms with Crippen LogP contribution in [0.3, 0.4) is 0 Å². The Balaban J connectivity index is 2.35. The van der Waals surface area contributed by atoms with Gasteiger partial charge in [0.25, 0.3) is 5.91 Å². The first-order valence-corrected chi connectivity index (χ1v) is 8.12. The second-order valence-electron chi connectivity index (χ2n) is 5.00. The minimum atomic E-state index is -3.99. The highest BCUT2D eigenvalue weighted by atomic mass is 32.2. The number of rotatable bonds is 4. The fraction of sp³-hybridized carbons (Fsp3) is 0.462. The monoisotopic (exact) mass is 331 g/mol. The fourth-order valence-electron chi connectivity index (χ4n) is 2.04. The number of halogens is 1. The van der Waals surface area contributed by atoms with Crippen LogP contribution in [0.1, 0.15) is 10.4 Å². The van der Waals surface area contributed by atoms with E-state index in [2.05, 4.69) is 5.43 Å². The topological polar surface area (TPSA) is 79.0 Å². The van der Waals surface area contributed by atoms with Gasteiger partial charge in [-0.2, -0.15) is 4.31 Å². The quantitative estimate of drug-likeness (QED) is 0.789. The molecule has 7 nitrogen and oxygen atoms in total. The number of carbonyl (C=O) groups is 1. The molecule has 1 aliphatic heterocycles. The molecule has 1 amide bonds. The highest BCUT2D eigenvalue weighted by Crippen LogP contribution is 2.21. The van der Waals surface area contributed by atoms with Crippen LogP contribution >= 0.6 is 0 Å². The summed E-state index contributed by atoms with van der Waals surface area (Å²) in [4.78, 5) is 11.4. The summed E-state index contributed by atoms with van der Waals surface area (Å²) < 4.78 is 45.2. The Morgan fingerprint density at radius 2 is 1.95 bits per heavy atom. The van der Waals surface area contributed by atoms with E-state index in [4.69, 9.17) is 4.74 Å². The number of amides is 1. The van der Waals surface area contributed by atoms with Gasteiger partial charge in [0.15, 0.2) is 0 Å². The van der Waals surface area contributed by atoms with Crippen molar-refractivity contribution in [2.24, 2.45) is 0 Å². The maximum atomic E-state index is 14.0. The van der Waals surface area contributed by atoms with E-state index in [1.807, 2.05) is 0 Å². The predicted octanol–water partition coefficient (Wildman–Crippen LogP) is 0.0530. The third kappa shape index (κ3) is 3.61. The van der Waals surface area contributed by atoms with Crippen molar-refractivity contribution in [3.8, 4) is 0 Å². The van der Waals surface area contributed by atoms with Gasteiger partial charge in [-0.1, -0.05) is 0 Å². The zero-order valence-electron chi connectivity index (χ0n) is 12.4. The molecule has 0 aromatic heterocycles. The zero-order valence-corrected chi connectivity index (χ0v) is 13.2. The maximum absolute atomic E-state index is 14.0. The van der Waals surface area contributed by atoms with Crippen molar-refractivity contribution in [2.45, 2.75) is 4.90 Å². The minimum Gasteiger partial charge on any atom is -0.379 e. The minimum absolute atomic E-state index is 0.0712. The van der Waals surface area contributed by atoms with E-state index in [1.165, 1.54) is 11.1 Å². The molecule has 0 spiro atoms. The van der Waals surface area contributed by atoms with E-state index in [-0.39, 0.29) is 31.9 Å². The molecule has 22 heavy (non-hydrogen) atoms. The molecule has 2 rings (SSSR count). The van der Waals surface area contributed by atoms with E-state index < -0.39 is 26.6 Å². The molecule has 0 saturated carbocycles. The summed E-state index contributed by atoms with van der Waals surface area (Å²) in [5, 5.41) is 1.42. The Morgan fingerprint density at radius 3 is 2.55 bits per heavy atom. The van der Waals surface area contributed by atoms with Crippen LogP contribution in [0.5, 0.6) is 0 Å². The zero-order chi connectivity index (χ0) is 16.3. The Kier molecular flexibility index (Phi) is 5.12. The van der Waals surface area contributed by atoms with Gasteiger partial charge in [-0.15, -0.1) is 0 Å². The average Bonchev–Trinajstić information content (AvgIpc) is 2.47. The molecule has 0 aliphatic carbocycles. The number of benzene rings is 1. The first-order chi connectivity index (χ1) is 10.3. The van der Waals surface area contributed by atoms with E-state index in [1.54, 1.807) is 14.1 Å². The largest absolute Gasteiger partial charge is 0.379 e. The summed E-state index contributed by atoms with van der Waals surface area (Å²) >= 11 is 0. The van der Waals surface area contributed by atoms with Crippen LogP contribution in [0.2, 0.25) is 0 Å². The van der Waals surface area contributed by atoms with Gasteiger partial charge in [0, 0.05) is 32.7 Å². The SMILES string of the molecule is CN(C)NC(=O)c1ccc(F)c(S(=O)(=O)N2CCOCC2)c1. The van der Waals surface area contributed by atoms with Gasteiger partial charge >= 0.3 is 0 Å². The first-order valence-electron chi connectivity index (χ1n) is 6.68. The molecule has 0 unspecified atom stereocenters. The predicted molar refractivity (Wildman–Crippen MR) is 77.1 cm³/mol. The maximum Gasteiger partial charge on any atom is 0.265 e. The second-order valence-corrected chi connectivity index (χ2v) is 6.90. The molecule has 9 heteroatoms. The van der Waals surface area contributed by atoms with Crippen LogP contribution in [0, 0.1) is 5.82 Å². The standard InChI is InChI=1S/C13H18FN3O4S/c1-16(2)15-13(18)10-3-4-11(14)12(9-10)22(19,20)17-5-7-21-8-6-17/h3-4,9H,5-8H2,1-2H3,(H,15,18). The van der Waals surface area contributed by atoms with Gasteiger partial charge in [0.05, 0.1) is 13.2 Å². The summed E-state index contributed by atoms with van der Waals surface area (Å²) in [5.41, 5.74) is 2.55. The lowest BCUT2D eigenvalue weighted by molar-refractivity contribution is 0.0729. The summed E-state index contributed by atoms with van der Waals surface area (Å²) in [5.74, 6) is -1.39. The average molecular weight is 331 g/mol. The molecule has 1 aromatic rings. The molecule has 1 heterocycles. The number of sulfonamides is 1. The van der Waals surface area contributed by atoms with E-state index in [9.17, 15) is 17.6 Å². The summed E-state index contributed by atoms with van der Waals surface area (Å²) in [6.45, 7) is 0.856. The van der Waals surface area contributed by atoms with Gasteiger partial charge in [-0.3, -0.25) is 10.2 Å². The summed E-state index contributed by atoms with van der Waals surface area (Å²) in [6, 6.07) is 3.28. The van der Waals surface area contributed by atoms with Gasteiger partial charge in [0.2, 0.25) is 10.0 Å². The van der Waals surface area contributed by atoms with E-state index in [0.717, 1.165) is 16.4 Å². The molecular weight excluding hydrogens is 313 g/mol. The lowest BCUT2D eigenvalue weighted by atomic mass is 10.2. The number of carbonyl (C=O) groups excluding carboxylic acids is 1. The number of hydrazine groups is 1. The number of ether oxygens (including phenoxy) is 1. The van der Waals surface area contributed by atoms with Crippen LogP contribution < -0.4 is 5.43 Å². The van der Waals surface area contributed by atoms with Crippen molar-refractivity contribution >= 4 is 15.9 Å². The number of nitrogens with zero attached hydrogens (tertiary/aromatic N) is 2. The molecule has 1 N–H and O–H groups in total. The molecule has 1 fully saturated rings. The molecule has 1 aliphatic rings. The van der Waals surface area contributed by atoms with Crippen molar-refractivity contribution in [2.75, 3.05) is 40.4 Å². The number of morpholine rings is 1. The van der Waals surface area contributed by atoms with Crippen LogP contribution in [0.25, 0.3) is 0 Å². The van der Waals surface area contributed by atoms with E-state index >= 15 is 0 Å². The second kappa shape index (κ2) is 6.69. The lowest BCUT2D eigenvalue weighted by Crippen LogP contribution is -2.41. The van der Waals surface area contributed by atoms with Gasteiger partial charge in [-0.05, 0) is 18.2 Å². The molecule has 0 radical (unpaired) electrons. The van der Waals surface area contributed by atoms with Crippen molar-refractivity contribution < 1.29 is 22.3 Å². The third-order valence-corrected chi connectivity index (χ3v) is 5.02. The van der Waals surface area contributed by atoms with Crippen LogP contribution in [-0.2, 0) is 14.8 Å². The smallest absolute Gasteiger partial charge is 0.265 e. The first kappa shape index (κ1) is 16.8. The van der Waals surface area contributed by atoms with Gasteiger partial charge in [0.1, 0.15) is 10.7 Å². The van der Waals surface area contributed by atoms with Gasteiger partial charge < -0.3 is 4.74 Å². The van der Waals surface area contributed by atoms with Crippen LogP contribution in [-0.4, -0.2) is 64.0 Å². The highest BCUT2D eigenvalue weighted by Gasteiger charge is 2.29. The number of hydrogen-bond donors (Lipinski definition) is 1. The third-order valence-electron chi connectivity index (χ3n) is 3.11. The van der Waals surface area contributed by atoms with Crippen molar-refractivity contribution in [3.63, 3.8) is 0 Å². The molecular formula is C13H18FN3O4S. The normalized spacial score (nSPS) is 16.7. The molecule has 1 aromatic carbocycles. The lowest BCUT2D eigenvalue weighted by Gasteiger charge is -2.26. The number of hydrogen-bond acceptors (Lipinski definition) is 5. The molecule has 0 atom stereocenters. The Bertz CT molecular complexity index is 657. The fourth-order valence-corrected chi connectivity index (χ4v) is 3.53. The van der Waals surface area contributed by atoms with Crippen LogP contribution in [0.4, 0.5) is 4.39 Å². The molecule has 122 valence electrons. The van der Waals surface area contributed by atoms with Crippen molar-refractivity contribution in [1.29, 1.82) is 0 Å². The van der Waals surface area contributed by atoms with Crippen molar-refractivity contribution in [1.82, 2.24) is 14.7 Å². The molecule has 0 bridgehead atoms. The van der Waals surface area contributed by atoms with Gasteiger partial charge in [-0.25, -0.2) is 17.8 Å². The Morgan fingerprint density at radius 1 is 1.32 bits per heavy atom. The Hall–Kier alpha value is -1.55. The van der Waals surface area contributed by atoms with Crippen LogP contribution in [0.15, 0.2) is 23.1 Å². The Labute approximate surface area is 128 Å². The highest BCUT2D eigenvalue weighted by molar-refractivity contribution is 7.89. The van der Waals surface area contributed by atoms with E-state index in [0.29, 0.717) is 0 Å². The summed E-state index contributed by atoms with van der Waals surface area (Å²) in [7, 11) is -0.757.